The first-order chi connectivity index (χ1) is 9.98. The molecule has 0 N–H and O–H groups in total. The van der Waals surface area contributed by atoms with E-state index in [2.05, 4.69) is 9.99 Å². The average molecular weight is 293 g/mol. The Bertz CT molecular complexity index is 595. The van der Waals surface area contributed by atoms with Gasteiger partial charge in [-0.1, -0.05) is 65.8 Å². The van der Waals surface area contributed by atoms with Gasteiger partial charge >= 0.3 is 12.1 Å². The third-order valence-corrected chi connectivity index (χ3v) is 2.55. The van der Waals surface area contributed by atoms with Crippen LogP contribution in [-0.4, -0.2) is 17.9 Å². The molecule has 0 spiro atoms. The molecule has 108 valence electrons. The highest BCUT2D eigenvalue weighted by molar-refractivity contribution is 6.12. The molecule has 2 aromatic rings. The number of hydrogen-bond acceptors (Lipinski definition) is 3. The maximum atomic E-state index is 12.2. The summed E-state index contributed by atoms with van der Waals surface area (Å²) >= 11 is 0. The lowest BCUT2D eigenvalue weighted by Crippen LogP contribution is -2.24. The quantitative estimate of drug-likeness (QED) is 0.493. The molecule has 0 aliphatic rings. The third kappa shape index (κ3) is 3.92. The fourth-order valence-corrected chi connectivity index (χ4v) is 1.60. The van der Waals surface area contributed by atoms with Crippen LogP contribution in [0.25, 0.3) is 0 Å². The van der Waals surface area contributed by atoms with Crippen LogP contribution in [0.2, 0.25) is 0 Å². The van der Waals surface area contributed by atoms with Crippen LogP contribution in [0.4, 0.5) is 13.2 Å². The van der Waals surface area contributed by atoms with E-state index < -0.39 is 12.1 Å². The molecule has 2 rings (SSSR count). The Kier molecular flexibility index (Phi) is 4.37. The van der Waals surface area contributed by atoms with Crippen LogP contribution >= 0.6 is 0 Å². The Morgan fingerprint density at radius 2 is 1.29 bits per heavy atom. The van der Waals surface area contributed by atoms with Crippen molar-refractivity contribution in [3.63, 3.8) is 0 Å². The highest BCUT2D eigenvalue weighted by Crippen LogP contribution is 2.18. The van der Waals surface area contributed by atoms with E-state index in [1.165, 1.54) is 0 Å². The lowest BCUT2D eigenvalue weighted by atomic mass is 10.0. The first kappa shape index (κ1) is 14.8. The first-order valence-electron chi connectivity index (χ1n) is 5.95. The van der Waals surface area contributed by atoms with Gasteiger partial charge in [0.15, 0.2) is 0 Å². The molecule has 0 amide bonds. The predicted molar refractivity (Wildman–Crippen MR) is 70.7 cm³/mol. The molecule has 0 aliphatic carbocycles. The van der Waals surface area contributed by atoms with E-state index in [1.54, 1.807) is 60.7 Å². The van der Waals surface area contributed by atoms with Crippen molar-refractivity contribution in [2.75, 3.05) is 0 Å². The molecule has 0 unspecified atom stereocenters. The van der Waals surface area contributed by atoms with Crippen LogP contribution in [0.1, 0.15) is 11.1 Å². The summed E-state index contributed by atoms with van der Waals surface area (Å²) in [5.74, 6) is -2.35. The summed E-state index contributed by atoms with van der Waals surface area (Å²) in [4.78, 5) is 14.8. The average Bonchev–Trinajstić information content (AvgIpc) is 2.48. The highest BCUT2D eigenvalue weighted by atomic mass is 19.4. The van der Waals surface area contributed by atoms with E-state index in [4.69, 9.17) is 0 Å². The molecular weight excluding hydrogens is 283 g/mol. The summed E-state index contributed by atoms with van der Waals surface area (Å²) in [6.07, 6.45) is -5.08. The number of halogens is 3. The number of carbonyl (C=O) groups excluding carboxylic acids is 1. The zero-order valence-corrected chi connectivity index (χ0v) is 10.7. The van der Waals surface area contributed by atoms with Gasteiger partial charge in [-0.25, -0.2) is 4.79 Å². The molecule has 0 bridgehead atoms. The molecule has 0 saturated carbocycles. The Hall–Kier alpha value is -2.63. The summed E-state index contributed by atoms with van der Waals surface area (Å²) in [5, 5.41) is 3.38. The monoisotopic (exact) mass is 293 g/mol. The van der Waals surface area contributed by atoms with Crippen molar-refractivity contribution in [3.05, 3.63) is 71.8 Å². The summed E-state index contributed by atoms with van der Waals surface area (Å²) in [5.41, 5.74) is 1.23. The largest absolute Gasteiger partial charge is 0.493 e. The summed E-state index contributed by atoms with van der Waals surface area (Å²) < 4.78 is 36.5. The van der Waals surface area contributed by atoms with Gasteiger partial charge < -0.3 is 4.84 Å². The zero-order valence-electron chi connectivity index (χ0n) is 10.7. The molecule has 0 atom stereocenters. The van der Waals surface area contributed by atoms with Gasteiger partial charge in [0.05, 0.1) is 0 Å². The lowest BCUT2D eigenvalue weighted by Gasteiger charge is -2.07. The van der Waals surface area contributed by atoms with Crippen molar-refractivity contribution in [2.45, 2.75) is 6.18 Å². The number of oxime groups is 1. The van der Waals surface area contributed by atoms with Crippen LogP contribution in [0.15, 0.2) is 65.8 Å². The van der Waals surface area contributed by atoms with Gasteiger partial charge in [0, 0.05) is 11.1 Å². The minimum Gasteiger partial charge on any atom is -0.308 e. The second-order valence-corrected chi connectivity index (χ2v) is 4.05. The van der Waals surface area contributed by atoms with E-state index in [0.29, 0.717) is 11.1 Å². The summed E-state index contributed by atoms with van der Waals surface area (Å²) in [6.45, 7) is 0. The van der Waals surface area contributed by atoms with Gasteiger partial charge in [0.2, 0.25) is 0 Å². The predicted octanol–water partition coefficient (Wildman–Crippen LogP) is 3.54. The fraction of sp³-hybridized carbons (Fsp3) is 0.0667. The van der Waals surface area contributed by atoms with Crippen molar-refractivity contribution < 1.29 is 22.8 Å². The minimum absolute atomic E-state index is 0.147. The number of nitrogens with zero attached hydrogens (tertiary/aromatic N) is 1. The number of alkyl halides is 3. The van der Waals surface area contributed by atoms with Gasteiger partial charge in [-0.15, -0.1) is 0 Å². The first-order valence-corrected chi connectivity index (χ1v) is 5.95. The molecule has 0 heterocycles. The number of carbonyl (C=O) groups is 1. The number of rotatable bonds is 3. The maximum Gasteiger partial charge on any atom is 0.493 e. The van der Waals surface area contributed by atoms with E-state index in [0.717, 1.165) is 0 Å². The molecule has 0 radical (unpaired) electrons. The summed E-state index contributed by atoms with van der Waals surface area (Å²) in [7, 11) is 0. The van der Waals surface area contributed by atoms with Gasteiger partial charge in [-0.2, -0.15) is 13.2 Å². The lowest BCUT2D eigenvalue weighted by molar-refractivity contribution is -0.199. The fourth-order valence-electron chi connectivity index (χ4n) is 1.60. The third-order valence-electron chi connectivity index (χ3n) is 2.55. The molecule has 2 aromatic carbocycles. The standard InChI is InChI=1S/C15H10F3NO2/c16-15(17,18)14(20)21-19-13(11-7-3-1-4-8-11)12-9-5-2-6-10-12/h1-10H. The molecule has 21 heavy (non-hydrogen) atoms. The van der Waals surface area contributed by atoms with Crippen LogP contribution in [0.5, 0.6) is 0 Å². The number of benzene rings is 2. The Morgan fingerprint density at radius 3 is 1.67 bits per heavy atom. The molecule has 0 aliphatic heterocycles. The molecular formula is C15H10F3NO2. The van der Waals surface area contributed by atoms with Gasteiger partial charge in [-0.3, -0.25) is 0 Å². The summed E-state index contributed by atoms with van der Waals surface area (Å²) in [6, 6.07) is 17.0. The second kappa shape index (κ2) is 6.21. The smallest absolute Gasteiger partial charge is 0.308 e. The molecule has 0 saturated heterocycles. The van der Waals surface area contributed by atoms with E-state index >= 15 is 0 Å². The normalized spacial score (nSPS) is 10.8. The number of hydrogen-bond donors (Lipinski definition) is 0. The zero-order chi connectivity index (χ0) is 15.3. The Labute approximate surface area is 118 Å². The minimum atomic E-state index is -5.08. The molecule has 0 fully saturated rings. The van der Waals surface area contributed by atoms with Crippen LogP contribution in [0.3, 0.4) is 0 Å². The van der Waals surface area contributed by atoms with E-state index in [1.807, 2.05) is 0 Å². The van der Waals surface area contributed by atoms with Crippen LogP contribution in [-0.2, 0) is 9.63 Å². The van der Waals surface area contributed by atoms with Crippen molar-refractivity contribution in [2.24, 2.45) is 5.16 Å². The highest BCUT2D eigenvalue weighted by Gasteiger charge is 2.41. The molecule has 0 aromatic heterocycles. The van der Waals surface area contributed by atoms with Crippen LogP contribution in [0, 0.1) is 0 Å². The van der Waals surface area contributed by atoms with Gasteiger partial charge in [0.25, 0.3) is 0 Å². The van der Waals surface area contributed by atoms with Gasteiger partial charge in [0.1, 0.15) is 5.71 Å². The molecule has 3 nitrogen and oxygen atoms in total. The van der Waals surface area contributed by atoms with Crippen molar-refractivity contribution in [3.8, 4) is 0 Å². The SMILES string of the molecule is O=C(ON=C(c1ccccc1)c1ccccc1)C(F)(F)F. The Morgan fingerprint density at radius 1 is 0.857 bits per heavy atom. The van der Waals surface area contributed by atoms with Crippen molar-refractivity contribution >= 4 is 11.7 Å². The maximum absolute atomic E-state index is 12.2. The van der Waals surface area contributed by atoms with Crippen molar-refractivity contribution in [1.29, 1.82) is 0 Å². The van der Waals surface area contributed by atoms with E-state index in [9.17, 15) is 18.0 Å². The topological polar surface area (TPSA) is 38.7 Å². The van der Waals surface area contributed by atoms with Crippen LogP contribution < -0.4 is 0 Å². The Balaban J connectivity index is 2.36. The van der Waals surface area contributed by atoms with E-state index in [-0.39, 0.29) is 5.71 Å². The van der Waals surface area contributed by atoms with Gasteiger partial charge in [-0.05, 0) is 0 Å². The molecule has 6 heteroatoms. The van der Waals surface area contributed by atoms with Crippen molar-refractivity contribution in [1.82, 2.24) is 0 Å². The second-order valence-electron chi connectivity index (χ2n) is 4.05.